The van der Waals surface area contributed by atoms with Gasteiger partial charge in [0.05, 0.1) is 17.9 Å². The van der Waals surface area contributed by atoms with Crippen LogP contribution in [0.1, 0.15) is 24.0 Å². The van der Waals surface area contributed by atoms with Crippen LogP contribution in [0.25, 0.3) is 0 Å². The highest BCUT2D eigenvalue weighted by molar-refractivity contribution is 5.38. The highest BCUT2D eigenvalue weighted by Crippen LogP contribution is 2.12. The molecule has 0 amide bonds. The third-order valence-electron chi connectivity index (χ3n) is 3.08. The molecular formula is C16H22N4. The minimum atomic E-state index is 0.763. The van der Waals surface area contributed by atoms with E-state index in [0.29, 0.717) is 0 Å². The fraction of sp³-hybridized carbons (Fsp3) is 0.375. The number of nitrogens with zero attached hydrogens (tertiary/aromatic N) is 3. The van der Waals surface area contributed by atoms with Gasteiger partial charge in [0.15, 0.2) is 0 Å². The first-order chi connectivity index (χ1) is 9.69. The molecule has 0 saturated heterocycles. The molecule has 1 N–H and O–H groups in total. The Labute approximate surface area is 120 Å². The fourth-order valence-corrected chi connectivity index (χ4v) is 2.04. The average molecular weight is 270 g/mol. The van der Waals surface area contributed by atoms with Gasteiger partial charge in [0.2, 0.25) is 0 Å². The molecule has 2 aromatic rings. The molecule has 0 fully saturated rings. The highest BCUT2D eigenvalue weighted by atomic mass is 15.2. The molecule has 0 bridgehead atoms. The van der Waals surface area contributed by atoms with Gasteiger partial charge in [-0.25, -0.2) is 4.98 Å². The molecule has 4 heteroatoms. The summed E-state index contributed by atoms with van der Waals surface area (Å²) in [6.07, 6.45) is 0. The topological polar surface area (TPSA) is 41.0 Å². The van der Waals surface area contributed by atoms with E-state index in [1.165, 1.54) is 0 Å². The lowest BCUT2D eigenvalue weighted by molar-refractivity contribution is 0.708. The van der Waals surface area contributed by atoms with E-state index in [4.69, 9.17) is 0 Å². The van der Waals surface area contributed by atoms with Crippen LogP contribution < -0.4 is 10.2 Å². The van der Waals surface area contributed by atoms with E-state index in [0.717, 1.165) is 42.5 Å². The van der Waals surface area contributed by atoms with Crippen molar-refractivity contribution in [3.63, 3.8) is 0 Å². The zero-order chi connectivity index (χ0) is 14.4. The predicted molar refractivity (Wildman–Crippen MR) is 82.7 cm³/mol. The molecule has 0 spiro atoms. The summed E-state index contributed by atoms with van der Waals surface area (Å²) in [4.78, 5) is 11.3. The standard InChI is InChI=1S/C16H22N4/c1-4-17-11-14-8-6-10-16(19-14)20(3)12-15-9-5-7-13(2)18-15/h5-10,17H,4,11-12H2,1-3H3. The summed E-state index contributed by atoms with van der Waals surface area (Å²) in [6.45, 7) is 6.63. The van der Waals surface area contributed by atoms with Crippen molar-refractivity contribution in [3.05, 3.63) is 53.5 Å². The van der Waals surface area contributed by atoms with Crippen LogP contribution in [0.5, 0.6) is 0 Å². The lowest BCUT2D eigenvalue weighted by Gasteiger charge is -2.18. The van der Waals surface area contributed by atoms with E-state index < -0.39 is 0 Å². The third kappa shape index (κ3) is 4.03. The first-order valence-corrected chi connectivity index (χ1v) is 6.99. The fourth-order valence-electron chi connectivity index (χ4n) is 2.04. The van der Waals surface area contributed by atoms with Crippen LogP contribution in [0.4, 0.5) is 5.82 Å². The van der Waals surface area contributed by atoms with Crippen LogP contribution in [0.3, 0.4) is 0 Å². The van der Waals surface area contributed by atoms with Crippen LogP contribution in [-0.2, 0) is 13.1 Å². The lowest BCUT2D eigenvalue weighted by atomic mass is 10.3. The van der Waals surface area contributed by atoms with E-state index in [1.54, 1.807) is 0 Å². The highest BCUT2D eigenvalue weighted by Gasteiger charge is 2.05. The monoisotopic (exact) mass is 270 g/mol. The van der Waals surface area contributed by atoms with Crippen molar-refractivity contribution in [2.45, 2.75) is 26.9 Å². The van der Waals surface area contributed by atoms with Crippen molar-refractivity contribution in [2.75, 3.05) is 18.5 Å². The first kappa shape index (κ1) is 14.5. The molecule has 2 rings (SSSR count). The van der Waals surface area contributed by atoms with E-state index in [9.17, 15) is 0 Å². The smallest absolute Gasteiger partial charge is 0.128 e. The first-order valence-electron chi connectivity index (χ1n) is 6.99. The molecule has 20 heavy (non-hydrogen) atoms. The minimum Gasteiger partial charge on any atom is -0.354 e. The molecule has 0 aromatic carbocycles. The molecule has 4 nitrogen and oxygen atoms in total. The summed E-state index contributed by atoms with van der Waals surface area (Å²) < 4.78 is 0. The lowest BCUT2D eigenvalue weighted by Crippen LogP contribution is -2.20. The number of hydrogen-bond donors (Lipinski definition) is 1. The van der Waals surface area contributed by atoms with Crippen LogP contribution in [0.2, 0.25) is 0 Å². The van der Waals surface area contributed by atoms with Gasteiger partial charge >= 0.3 is 0 Å². The molecule has 0 aliphatic heterocycles. The molecule has 2 heterocycles. The van der Waals surface area contributed by atoms with E-state index in [1.807, 2.05) is 44.3 Å². The molecular weight excluding hydrogens is 248 g/mol. The Morgan fingerprint density at radius 3 is 2.55 bits per heavy atom. The zero-order valence-corrected chi connectivity index (χ0v) is 12.4. The quantitative estimate of drug-likeness (QED) is 0.876. The van der Waals surface area contributed by atoms with Crippen molar-refractivity contribution in [2.24, 2.45) is 0 Å². The van der Waals surface area contributed by atoms with Gasteiger partial charge in [0.1, 0.15) is 5.82 Å². The van der Waals surface area contributed by atoms with Gasteiger partial charge < -0.3 is 10.2 Å². The average Bonchev–Trinajstić information content (AvgIpc) is 2.45. The Morgan fingerprint density at radius 2 is 1.80 bits per heavy atom. The van der Waals surface area contributed by atoms with E-state index in [-0.39, 0.29) is 0 Å². The SMILES string of the molecule is CCNCc1cccc(N(C)Cc2cccc(C)n2)n1. The minimum absolute atomic E-state index is 0.763. The maximum atomic E-state index is 4.66. The Balaban J connectivity index is 2.06. The number of aromatic nitrogens is 2. The number of hydrogen-bond acceptors (Lipinski definition) is 4. The Morgan fingerprint density at radius 1 is 1.05 bits per heavy atom. The van der Waals surface area contributed by atoms with Crippen molar-refractivity contribution in [3.8, 4) is 0 Å². The Hall–Kier alpha value is -1.94. The maximum Gasteiger partial charge on any atom is 0.128 e. The van der Waals surface area contributed by atoms with Crippen molar-refractivity contribution < 1.29 is 0 Å². The summed E-state index contributed by atoms with van der Waals surface area (Å²) in [5, 5.41) is 3.29. The second-order valence-electron chi connectivity index (χ2n) is 4.89. The van der Waals surface area contributed by atoms with Gasteiger partial charge in [0.25, 0.3) is 0 Å². The van der Waals surface area contributed by atoms with Crippen molar-refractivity contribution in [1.82, 2.24) is 15.3 Å². The Bertz CT molecular complexity index is 554. The summed E-state index contributed by atoms with van der Waals surface area (Å²) in [6, 6.07) is 12.2. The molecule has 0 saturated carbocycles. The maximum absolute atomic E-state index is 4.66. The number of rotatable bonds is 6. The summed E-state index contributed by atoms with van der Waals surface area (Å²) in [5.41, 5.74) is 3.17. The van der Waals surface area contributed by atoms with Crippen LogP contribution in [0.15, 0.2) is 36.4 Å². The largest absolute Gasteiger partial charge is 0.354 e. The summed E-state index contributed by atoms with van der Waals surface area (Å²) in [7, 11) is 2.05. The molecule has 2 aromatic heterocycles. The van der Waals surface area contributed by atoms with Crippen LogP contribution >= 0.6 is 0 Å². The molecule has 106 valence electrons. The predicted octanol–water partition coefficient (Wildman–Crippen LogP) is 2.53. The van der Waals surface area contributed by atoms with Gasteiger partial charge in [-0.2, -0.15) is 0 Å². The molecule has 0 unspecified atom stereocenters. The number of nitrogens with one attached hydrogen (secondary N) is 1. The van der Waals surface area contributed by atoms with Crippen molar-refractivity contribution >= 4 is 5.82 Å². The normalized spacial score (nSPS) is 10.6. The van der Waals surface area contributed by atoms with Crippen LogP contribution in [-0.4, -0.2) is 23.6 Å². The third-order valence-corrected chi connectivity index (χ3v) is 3.08. The van der Waals surface area contributed by atoms with Gasteiger partial charge in [0, 0.05) is 19.3 Å². The van der Waals surface area contributed by atoms with Gasteiger partial charge in [-0.05, 0) is 37.7 Å². The van der Waals surface area contributed by atoms with Gasteiger partial charge in [-0.1, -0.05) is 19.1 Å². The molecule has 0 aliphatic carbocycles. The molecule has 0 atom stereocenters. The second-order valence-corrected chi connectivity index (χ2v) is 4.89. The van der Waals surface area contributed by atoms with Gasteiger partial charge in [-0.3, -0.25) is 4.98 Å². The molecule has 0 aliphatic rings. The second kappa shape index (κ2) is 7.01. The van der Waals surface area contributed by atoms with E-state index in [2.05, 4.69) is 33.2 Å². The van der Waals surface area contributed by atoms with Gasteiger partial charge in [-0.15, -0.1) is 0 Å². The number of aryl methyl sites for hydroxylation is 1. The van der Waals surface area contributed by atoms with Crippen LogP contribution in [0, 0.1) is 6.92 Å². The summed E-state index contributed by atoms with van der Waals surface area (Å²) >= 11 is 0. The summed E-state index contributed by atoms with van der Waals surface area (Å²) in [5.74, 6) is 0.976. The number of anilines is 1. The number of pyridine rings is 2. The Kier molecular flexibility index (Phi) is 5.07. The molecule has 0 radical (unpaired) electrons. The van der Waals surface area contributed by atoms with E-state index >= 15 is 0 Å². The van der Waals surface area contributed by atoms with Crippen molar-refractivity contribution in [1.29, 1.82) is 0 Å². The zero-order valence-electron chi connectivity index (χ0n) is 12.4.